The van der Waals surface area contributed by atoms with Crippen molar-refractivity contribution in [3.63, 3.8) is 0 Å². The third kappa shape index (κ3) is 6.17. The molecule has 3 amide bonds. The second-order valence-electron chi connectivity index (χ2n) is 7.58. The number of primary amides is 1. The lowest BCUT2D eigenvalue weighted by atomic mass is 10.0. The Kier molecular flexibility index (Phi) is 7.41. The summed E-state index contributed by atoms with van der Waals surface area (Å²) in [5.74, 6) is -3.67. The van der Waals surface area contributed by atoms with Crippen molar-refractivity contribution in [2.45, 2.75) is 37.4 Å². The summed E-state index contributed by atoms with van der Waals surface area (Å²) in [6.45, 7) is 0. The van der Waals surface area contributed by atoms with Crippen LogP contribution in [0, 0.1) is 0 Å². The first kappa shape index (κ1) is 23.5. The molecule has 0 aliphatic rings. The van der Waals surface area contributed by atoms with Gasteiger partial charge in [-0.05, 0) is 11.6 Å². The lowest BCUT2D eigenvalue weighted by Crippen LogP contribution is -2.56. The maximum Gasteiger partial charge on any atom is 0.326 e. The molecule has 1 aromatic carbocycles. The molecular formula is C21H25N7O5. The average Bonchev–Trinajstić information content (AvgIpc) is 3.42. The number of carboxylic acid groups (broad SMARTS) is 1. The van der Waals surface area contributed by atoms with Gasteiger partial charge in [-0.2, -0.15) is 0 Å². The minimum absolute atomic E-state index is 0.0122. The van der Waals surface area contributed by atoms with Gasteiger partial charge in [-0.25, -0.2) is 9.78 Å². The number of aliphatic carboxylic acids is 1. The van der Waals surface area contributed by atoms with E-state index in [0.29, 0.717) is 11.3 Å². The van der Waals surface area contributed by atoms with E-state index in [1.54, 1.807) is 6.20 Å². The van der Waals surface area contributed by atoms with E-state index in [9.17, 15) is 24.3 Å². The molecular weight excluding hydrogens is 430 g/mol. The summed E-state index contributed by atoms with van der Waals surface area (Å²) in [5, 5.41) is 15.2. The summed E-state index contributed by atoms with van der Waals surface area (Å²) in [5.41, 5.74) is 13.2. The summed E-state index contributed by atoms with van der Waals surface area (Å²) in [7, 11) is 0. The topological polar surface area (TPSA) is 209 Å². The van der Waals surface area contributed by atoms with Crippen LogP contribution >= 0.6 is 0 Å². The van der Waals surface area contributed by atoms with Crippen LogP contribution in [0.25, 0.3) is 10.9 Å². The van der Waals surface area contributed by atoms with E-state index in [1.807, 2.05) is 24.3 Å². The van der Waals surface area contributed by atoms with Gasteiger partial charge in [-0.3, -0.25) is 14.4 Å². The zero-order valence-corrected chi connectivity index (χ0v) is 17.6. The maximum absolute atomic E-state index is 12.8. The Labute approximate surface area is 188 Å². The van der Waals surface area contributed by atoms with Crippen molar-refractivity contribution in [1.29, 1.82) is 0 Å². The molecule has 0 saturated carbocycles. The number of para-hydroxylation sites is 1. The van der Waals surface area contributed by atoms with Crippen LogP contribution in [0.15, 0.2) is 43.0 Å². The SMILES string of the molecule is NC(=O)CC(NC(=O)C(N)Cc1cnc[nH]1)C(=O)NC(Cc1c[nH]c2ccccc12)C(=O)O. The Morgan fingerprint density at radius 1 is 1.03 bits per heavy atom. The number of benzene rings is 1. The van der Waals surface area contributed by atoms with Gasteiger partial charge >= 0.3 is 5.97 Å². The number of aromatic amines is 2. The first-order chi connectivity index (χ1) is 15.7. The van der Waals surface area contributed by atoms with Crippen LogP contribution in [-0.4, -0.2) is 61.9 Å². The summed E-state index contributed by atoms with van der Waals surface area (Å²) >= 11 is 0. The molecule has 33 heavy (non-hydrogen) atoms. The van der Waals surface area contributed by atoms with Crippen molar-refractivity contribution >= 4 is 34.6 Å². The number of imidazole rings is 1. The van der Waals surface area contributed by atoms with E-state index in [4.69, 9.17) is 11.5 Å². The average molecular weight is 455 g/mol. The number of amides is 3. The number of carboxylic acids is 1. The largest absolute Gasteiger partial charge is 0.480 e. The summed E-state index contributed by atoms with van der Waals surface area (Å²) in [6.07, 6.45) is 4.19. The van der Waals surface area contributed by atoms with Crippen LogP contribution < -0.4 is 22.1 Å². The van der Waals surface area contributed by atoms with Gasteiger partial charge in [-0.15, -0.1) is 0 Å². The van der Waals surface area contributed by atoms with Crippen molar-refractivity contribution in [2.75, 3.05) is 0 Å². The summed E-state index contributed by atoms with van der Waals surface area (Å²) in [6, 6.07) is 3.62. The predicted molar refractivity (Wildman–Crippen MR) is 118 cm³/mol. The fourth-order valence-electron chi connectivity index (χ4n) is 3.41. The van der Waals surface area contributed by atoms with Crippen LogP contribution in [-0.2, 0) is 32.0 Å². The predicted octanol–water partition coefficient (Wildman–Crippen LogP) is -1.07. The van der Waals surface area contributed by atoms with Gasteiger partial charge in [0.25, 0.3) is 0 Å². The highest BCUT2D eigenvalue weighted by molar-refractivity contribution is 5.95. The smallest absolute Gasteiger partial charge is 0.326 e. The number of carbonyl (C=O) groups excluding carboxylic acids is 3. The second-order valence-corrected chi connectivity index (χ2v) is 7.58. The number of hydrogen-bond donors (Lipinski definition) is 7. The highest BCUT2D eigenvalue weighted by Gasteiger charge is 2.29. The van der Waals surface area contributed by atoms with Crippen molar-refractivity contribution in [3.05, 3.63) is 54.2 Å². The van der Waals surface area contributed by atoms with Crippen LogP contribution in [0.5, 0.6) is 0 Å². The maximum atomic E-state index is 12.8. The van der Waals surface area contributed by atoms with Crippen molar-refractivity contribution in [3.8, 4) is 0 Å². The molecule has 0 fully saturated rings. The molecule has 12 nitrogen and oxygen atoms in total. The van der Waals surface area contributed by atoms with Crippen LogP contribution in [0.1, 0.15) is 17.7 Å². The number of nitrogens with one attached hydrogen (secondary N) is 4. The number of rotatable bonds is 11. The van der Waals surface area contributed by atoms with E-state index in [1.165, 1.54) is 12.5 Å². The van der Waals surface area contributed by atoms with Gasteiger partial charge in [0.05, 0.1) is 18.8 Å². The van der Waals surface area contributed by atoms with Crippen LogP contribution in [0.2, 0.25) is 0 Å². The third-order valence-corrected chi connectivity index (χ3v) is 5.08. The molecule has 3 unspecified atom stereocenters. The second kappa shape index (κ2) is 10.4. The number of hydrogen-bond acceptors (Lipinski definition) is 6. The zero-order chi connectivity index (χ0) is 24.0. The highest BCUT2D eigenvalue weighted by Crippen LogP contribution is 2.19. The van der Waals surface area contributed by atoms with Crippen LogP contribution in [0.3, 0.4) is 0 Å². The van der Waals surface area contributed by atoms with Gasteiger partial charge in [0, 0.05) is 41.8 Å². The Morgan fingerprint density at radius 2 is 1.76 bits per heavy atom. The van der Waals surface area contributed by atoms with Gasteiger partial charge in [0.2, 0.25) is 17.7 Å². The molecule has 0 spiro atoms. The normalized spacial score (nSPS) is 13.7. The zero-order valence-electron chi connectivity index (χ0n) is 17.6. The molecule has 12 heteroatoms. The molecule has 0 aliphatic heterocycles. The number of carbonyl (C=O) groups is 4. The molecule has 2 heterocycles. The van der Waals surface area contributed by atoms with E-state index < -0.39 is 48.2 Å². The van der Waals surface area contributed by atoms with Crippen molar-refractivity contribution in [1.82, 2.24) is 25.6 Å². The molecule has 0 bridgehead atoms. The first-order valence-electron chi connectivity index (χ1n) is 10.1. The van der Waals surface area contributed by atoms with Gasteiger partial charge in [-0.1, -0.05) is 18.2 Å². The Balaban J connectivity index is 1.69. The number of H-pyrrole nitrogens is 2. The first-order valence-corrected chi connectivity index (χ1v) is 10.1. The third-order valence-electron chi connectivity index (χ3n) is 5.08. The Hall–Kier alpha value is -4.19. The number of aromatic nitrogens is 3. The van der Waals surface area contributed by atoms with E-state index in [-0.39, 0.29) is 12.8 Å². The van der Waals surface area contributed by atoms with Crippen molar-refractivity contribution in [2.24, 2.45) is 11.5 Å². The Morgan fingerprint density at radius 3 is 2.42 bits per heavy atom. The van der Waals surface area contributed by atoms with E-state index in [2.05, 4.69) is 25.6 Å². The Bertz CT molecular complexity index is 1140. The summed E-state index contributed by atoms with van der Waals surface area (Å²) < 4.78 is 0. The molecule has 0 saturated heterocycles. The fraction of sp³-hybridized carbons (Fsp3) is 0.286. The summed E-state index contributed by atoms with van der Waals surface area (Å²) in [4.78, 5) is 58.2. The molecule has 2 aromatic heterocycles. The molecule has 174 valence electrons. The van der Waals surface area contributed by atoms with Gasteiger partial charge < -0.3 is 37.2 Å². The van der Waals surface area contributed by atoms with Crippen molar-refractivity contribution < 1.29 is 24.3 Å². The van der Waals surface area contributed by atoms with Crippen LogP contribution in [0.4, 0.5) is 0 Å². The quantitative estimate of drug-likeness (QED) is 0.190. The number of nitrogens with zero attached hydrogens (tertiary/aromatic N) is 1. The minimum atomic E-state index is -1.38. The minimum Gasteiger partial charge on any atom is -0.480 e. The molecule has 3 aromatic rings. The molecule has 0 radical (unpaired) electrons. The lowest BCUT2D eigenvalue weighted by molar-refractivity contribution is -0.142. The lowest BCUT2D eigenvalue weighted by Gasteiger charge is -2.22. The fourth-order valence-corrected chi connectivity index (χ4v) is 3.41. The molecule has 3 atom stereocenters. The van der Waals surface area contributed by atoms with Gasteiger partial charge in [0.15, 0.2) is 0 Å². The van der Waals surface area contributed by atoms with E-state index >= 15 is 0 Å². The standard InChI is InChI=1S/C21H25N7O5/c22-14(6-12-9-24-10-26-12)19(30)27-16(7-18(23)29)20(31)28-17(21(32)33)5-11-8-25-15-4-2-1-3-13(11)15/h1-4,8-10,14,16-17,25H,5-7,22H2,(H2,23,29)(H,24,26)(H,27,30)(H,28,31)(H,32,33). The number of nitrogens with two attached hydrogens (primary N) is 2. The van der Waals surface area contributed by atoms with Gasteiger partial charge in [0.1, 0.15) is 12.1 Å². The molecule has 9 N–H and O–H groups in total. The monoisotopic (exact) mass is 455 g/mol. The van der Waals surface area contributed by atoms with E-state index in [0.717, 1.165) is 10.9 Å². The highest BCUT2D eigenvalue weighted by atomic mass is 16.4. The molecule has 3 rings (SSSR count). The number of fused-ring (bicyclic) bond motifs is 1. The molecule has 0 aliphatic carbocycles.